The standard InChI is InChI=1S/C20H20N2O7/c1-4-5-21-12(2)8-14(13(21)3)17(23)11-29-20(24)15-9-18-19(28-7-6-27-18)10-16(15)22(25)26/h4,8-10H,1,5-7,11H2,2-3H3. The lowest BCUT2D eigenvalue weighted by molar-refractivity contribution is -0.385. The summed E-state index contributed by atoms with van der Waals surface area (Å²) in [5.41, 5.74) is 1.25. The summed E-state index contributed by atoms with van der Waals surface area (Å²) in [6, 6.07) is 4.03. The molecule has 0 saturated heterocycles. The number of ketones is 1. The first-order valence-corrected chi connectivity index (χ1v) is 8.89. The highest BCUT2D eigenvalue weighted by Gasteiger charge is 2.28. The van der Waals surface area contributed by atoms with Crippen LogP contribution in [-0.2, 0) is 11.3 Å². The van der Waals surface area contributed by atoms with Gasteiger partial charge < -0.3 is 18.8 Å². The molecule has 1 aromatic carbocycles. The molecule has 1 aromatic heterocycles. The van der Waals surface area contributed by atoms with Crippen molar-refractivity contribution in [1.82, 2.24) is 4.57 Å². The molecule has 0 N–H and O–H groups in total. The zero-order chi connectivity index (χ0) is 21.1. The van der Waals surface area contributed by atoms with Crippen molar-refractivity contribution < 1.29 is 28.7 Å². The fourth-order valence-electron chi connectivity index (χ4n) is 3.17. The average Bonchev–Trinajstić information content (AvgIpc) is 2.99. The zero-order valence-corrected chi connectivity index (χ0v) is 16.1. The van der Waals surface area contributed by atoms with Gasteiger partial charge in [-0.3, -0.25) is 14.9 Å². The number of esters is 1. The van der Waals surface area contributed by atoms with Gasteiger partial charge >= 0.3 is 5.97 Å². The summed E-state index contributed by atoms with van der Waals surface area (Å²) in [6.45, 7) is 7.87. The van der Waals surface area contributed by atoms with Crippen molar-refractivity contribution >= 4 is 17.4 Å². The first-order valence-electron chi connectivity index (χ1n) is 8.89. The average molecular weight is 400 g/mol. The highest BCUT2D eigenvalue weighted by atomic mass is 16.6. The normalized spacial score (nSPS) is 12.3. The molecule has 0 aliphatic carbocycles. The van der Waals surface area contributed by atoms with Crippen LogP contribution in [0.1, 0.15) is 32.1 Å². The molecule has 9 heteroatoms. The van der Waals surface area contributed by atoms with Gasteiger partial charge in [-0.25, -0.2) is 4.79 Å². The molecule has 0 atom stereocenters. The summed E-state index contributed by atoms with van der Waals surface area (Å²) >= 11 is 0. The third kappa shape index (κ3) is 3.98. The van der Waals surface area contributed by atoms with Gasteiger partial charge in [0.1, 0.15) is 18.8 Å². The fourth-order valence-corrected chi connectivity index (χ4v) is 3.17. The number of Topliss-reactive ketones (excluding diaryl/α,β-unsaturated/α-hetero) is 1. The lowest BCUT2D eigenvalue weighted by Gasteiger charge is -2.18. The molecule has 0 spiro atoms. The first-order chi connectivity index (χ1) is 13.8. The number of allylic oxidation sites excluding steroid dienone is 1. The van der Waals surface area contributed by atoms with E-state index in [1.807, 2.05) is 11.5 Å². The number of ether oxygens (including phenoxy) is 3. The van der Waals surface area contributed by atoms with Crippen LogP contribution in [0, 0.1) is 24.0 Å². The Bertz CT molecular complexity index is 1010. The Balaban J connectivity index is 1.79. The van der Waals surface area contributed by atoms with Gasteiger partial charge in [-0.2, -0.15) is 0 Å². The number of fused-ring (bicyclic) bond motifs is 1. The predicted octanol–water partition coefficient (Wildman–Crippen LogP) is 3.01. The molecule has 2 heterocycles. The van der Waals surface area contributed by atoms with E-state index in [1.54, 1.807) is 19.1 Å². The fraction of sp³-hybridized carbons (Fsp3) is 0.300. The van der Waals surface area contributed by atoms with Crippen molar-refractivity contribution in [2.24, 2.45) is 0 Å². The second-order valence-corrected chi connectivity index (χ2v) is 6.45. The van der Waals surface area contributed by atoms with Crippen LogP contribution in [0.5, 0.6) is 11.5 Å². The van der Waals surface area contributed by atoms with Gasteiger partial charge in [-0.15, -0.1) is 6.58 Å². The van der Waals surface area contributed by atoms with Gasteiger partial charge in [0.25, 0.3) is 5.69 Å². The molecule has 0 unspecified atom stereocenters. The molecule has 29 heavy (non-hydrogen) atoms. The van der Waals surface area contributed by atoms with Crippen LogP contribution < -0.4 is 9.47 Å². The Hall–Kier alpha value is -3.62. The van der Waals surface area contributed by atoms with E-state index in [1.165, 1.54) is 6.07 Å². The number of carbonyl (C=O) groups is 2. The summed E-state index contributed by atoms with van der Waals surface area (Å²) in [4.78, 5) is 35.6. The number of aromatic nitrogens is 1. The number of carbonyl (C=O) groups excluding carboxylic acids is 2. The topological polar surface area (TPSA) is 110 Å². The maximum Gasteiger partial charge on any atom is 0.345 e. The third-order valence-corrected chi connectivity index (χ3v) is 4.60. The number of nitro groups is 1. The van der Waals surface area contributed by atoms with Crippen LogP contribution in [0.15, 0.2) is 30.9 Å². The molecular formula is C20H20N2O7. The number of benzene rings is 1. The molecular weight excluding hydrogens is 380 g/mol. The molecule has 9 nitrogen and oxygen atoms in total. The number of nitrogens with zero attached hydrogens (tertiary/aromatic N) is 2. The van der Waals surface area contributed by atoms with Crippen molar-refractivity contribution in [3.05, 3.63) is 63.5 Å². The Kier molecular flexibility index (Phi) is 5.67. The lowest BCUT2D eigenvalue weighted by atomic mass is 10.1. The van der Waals surface area contributed by atoms with Crippen molar-refractivity contribution in [2.75, 3.05) is 19.8 Å². The number of hydrogen-bond donors (Lipinski definition) is 0. The van der Waals surface area contributed by atoms with Gasteiger partial charge in [0.2, 0.25) is 5.78 Å². The smallest absolute Gasteiger partial charge is 0.345 e. The number of nitro benzene ring substituents is 1. The highest BCUT2D eigenvalue weighted by Crippen LogP contribution is 2.36. The quantitative estimate of drug-likeness (QED) is 0.231. The molecule has 0 amide bonds. The molecule has 0 radical (unpaired) electrons. The van der Waals surface area contributed by atoms with Crippen LogP contribution in [0.4, 0.5) is 5.69 Å². The van der Waals surface area contributed by atoms with E-state index in [0.29, 0.717) is 12.1 Å². The molecule has 152 valence electrons. The molecule has 2 aromatic rings. The molecule has 3 rings (SSSR count). The summed E-state index contributed by atoms with van der Waals surface area (Å²) < 4.78 is 17.7. The van der Waals surface area contributed by atoms with Crippen LogP contribution in [0.3, 0.4) is 0 Å². The SMILES string of the molecule is C=CCn1c(C)cc(C(=O)COC(=O)c2cc3c(cc2[N+](=O)[O-])OCCO3)c1C. The summed E-state index contributed by atoms with van der Waals surface area (Å²) in [6.07, 6.45) is 1.72. The maximum atomic E-state index is 12.5. The largest absolute Gasteiger partial charge is 0.486 e. The first kappa shape index (κ1) is 20.1. The van der Waals surface area contributed by atoms with E-state index in [4.69, 9.17) is 14.2 Å². The van der Waals surface area contributed by atoms with Gasteiger partial charge in [0.15, 0.2) is 18.1 Å². The van der Waals surface area contributed by atoms with Crippen molar-refractivity contribution in [3.8, 4) is 11.5 Å². The van der Waals surface area contributed by atoms with Crippen molar-refractivity contribution in [3.63, 3.8) is 0 Å². The lowest BCUT2D eigenvalue weighted by Crippen LogP contribution is -2.18. The van der Waals surface area contributed by atoms with Gasteiger partial charge in [0, 0.05) is 29.6 Å². The van der Waals surface area contributed by atoms with Gasteiger partial charge in [-0.1, -0.05) is 6.08 Å². The maximum absolute atomic E-state index is 12.5. The minimum absolute atomic E-state index is 0.185. The summed E-state index contributed by atoms with van der Waals surface area (Å²) in [5, 5.41) is 11.3. The van der Waals surface area contributed by atoms with Crippen molar-refractivity contribution in [2.45, 2.75) is 20.4 Å². The van der Waals surface area contributed by atoms with E-state index < -0.39 is 29.0 Å². The molecule has 1 aliphatic heterocycles. The molecule has 0 fully saturated rings. The minimum Gasteiger partial charge on any atom is -0.486 e. The van der Waals surface area contributed by atoms with Crippen LogP contribution in [-0.4, -0.2) is 41.1 Å². The molecule has 0 saturated carbocycles. The Morgan fingerprint density at radius 3 is 2.48 bits per heavy atom. The number of aryl methyl sites for hydroxylation is 1. The second-order valence-electron chi connectivity index (χ2n) is 6.45. The Morgan fingerprint density at radius 2 is 1.86 bits per heavy atom. The van der Waals surface area contributed by atoms with E-state index in [-0.39, 0.29) is 30.3 Å². The predicted molar refractivity (Wildman–Crippen MR) is 103 cm³/mol. The van der Waals surface area contributed by atoms with Gasteiger partial charge in [-0.05, 0) is 19.9 Å². The monoisotopic (exact) mass is 400 g/mol. The number of rotatable bonds is 7. The van der Waals surface area contributed by atoms with Gasteiger partial charge in [0.05, 0.1) is 11.0 Å². The van der Waals surface area contributed by atoms with Crippen LogP contribution in [0.2, 0.25) is 0 Å². The van der Waals surface area contributed by atoms with Crippen LogP contribution in [0.25, 0.3) is 0 Å². The van der Waals surface area contributed by atoms with Crippen molar-refractivity contribution in [1.29, 1.82) is 0 Å². The summed E-state index contributed by atoms with van der Waals surface area (Å²) in [5.74, 6) is -0.984. The second kappa shape index (κ2) is 8.17. The minimum atomic E-state index is -0.984. The Morgan fingerprint density at radius 1 is 1.21 bits per heavy atom. The van der Waals surface area contributed by atoms with Crippen LogP contribution >= 0.6 is 0 Å². The highest BCUT2D eigenvalue weighted by molar-refractivity contribution is 6.01. The van der Waals surface area contributed by atoms with E-state index in [0.717, 1.165) is 17.5 Å². The molecule has 0 bridgehead atoms. The summed E-state index contributed by atoms with van der Waals surface area (Å²) in [7, 11) is 0. The third-order valence-electron chi connectivity index (χ3n) is 4.60. The van der Waals surface area contributed by atoms with E-state index in [9.17, 15) is 19.7 Å². The van der Waals surface area contributed by atoms with E-state index in [2.05, 4.69) is 6.58 Å². The number of hydrogen-bond acceptors (Lipinski definition) is 7. The zero-order valence-electron chi connectivity index (χ0n) is 16.1. The molecule has 1 aliphatic rings. The van der Waals surface area contributed by atoms with E-state index >= 15 is 0 Å². The Labute approximate surface area is 166 Å².